The Labute approximate surface area is 161 Å². The molecule has 1 aliphatic heterocycles. The molecule has 2 aromatic rings. The third-order valence-electron chi connectivity index (χ3n) is 6.49. The van der Waals surface area contributed by atoms with Crippen molar-refractivity contribution in [3.8, 4) is 0 Å². The van der Waals surface area contributed by atoms with Crippen LogP contribution in [-0.4, -0.2) is 38.1 Å². The number of carbonyl (C=O) groups excluding carboxylic acids is 1. The molecule has 1 amide bonds. The number of carbonyl (C=O) groups is 1. The van der Waals surface area contributed by atoms with Crippen LogP contribution in [0.25, 0.3) is 0 Å². The van der Waals surface area contributed by atoms with Gasteiger partial charge in [-0.1, -0.05) is 50.1 Å². The van der Waals surface area contributed by atoms with Crippen molar-refractivity contribution >= 4 is 5.91 Å². The molecule has 27 heavy (non-hydrogen) atoms. The molecule has 1 saturated heterocycles. The fourth-order valence-electron chi connectivity index (χ4n) is 5.11. The van der Waals surface area contributed by atoms with Crippen LogP contribution in [0.15, 0.2) is 42.7 Å². The van der Waals surface area contributed by atoms with Crippen molar-refractivity contribution in [1.82, 2.24) is 14.5 Å². The Hall–Kier alpha value is -2.14. The number of piperidine rings is 1. The number of fused-ring (bicyclic) bond motifs is 1. The van der Waals surface area contributed by atoms with E-state index in [-0.39, 0.29) is 17.9 Å². The minimum Gasteiger partial charge on any atom is -0.385 e. The summed E-state index contributed by atoms with van der Waals surface area (Å²) >= 11 is 0. The van der Waals surface area contributed by atoms with Crippen molar-refractivity contribution in [1.29, 1.82) is 0 Å². The van der Waals surface area contributed by atoms with Gasteiger partial charge in [0.05, 0.1) is 5.60 Å². The molecule has 0 radical (unpaired) electrons. The number of benzene rings is 1. The molecular weight excluding hydrogens is 338 g/mol. The van der Waals surface area contributed by atoms with Crippen LogP contribution in [-0.2, 0) is 23.4 Å². The summed E-state index contributed by atoms with van der Waals surface area (Å²) in [5, 5.41) is 11.6. The number of aryl methyl sites for hydroxylation is 1. The predicted molar refractivity (Wildman–Crippen MR) is 104 cm³/mol. The smallest absolute Gasteiger partial charge is 0.242 e. The van der Waals surface area contributed by atoms with Crippen LogP contribution in [0.2, 0.25) is 0 Å². The van der Waals surface area contributed by atoms with Gasteiger partial charge in [-0.2, -0.15) is 0 Å². The summed E-state index contributed by atoms with van der Waals surface area (Å²) in [7, 11) is 0. The van der Waals surface area contributed by atoms with E-state index in [1.165, 1.54) is 0 Å². The Balaban J connectivity index is 1.57. The lowest BCUT2D eigenvalue weighted by Gasteiger charge is -2.52. The molecular formula is C22H29N3O2. The molecule has 1 aromatic carbocycles. The number of rotatable bonds is 4. The average molecular weight is 367 g/mol. The number of likely N-dealkylation sites (tertiary alicyclic amines) is 1. The lowest BCUT2D eigenvalue weighted by Crippen LogP contribution is -2.59. The molecule has 4 rings (SSSR count). The molecule has 5 nitrogen and oxygen atoms in total. The Morgan fingerprint density at radius 3 is 2.81 bits per heavy atom. The van der Waals surface area contributed by atoms with Crippen molar-refractivity contribution in [3.05, 3.63) is 54.1 Å². The van der Waals surface area contributed by atoms with E-state index < -0.39 is 5.60 Å². The molecule has 1 aromatic heterocycles. The highest BCUT2D eigenvalue weighted by Gasteiger charge is 2.50. The number of amides is 1. The van der Waals surface area contributed by atoms with Gasteiger partial charge in [0.2, 0.25) is 5.91 Å². The van der Waals surface area contributed by atoms with E-state index in [1.807, 2.05) is 46.0 Å². The molecule has 2 heterocycles. The molecule has 1 N–H and O–H groups in total. The monoisotopic (exact) mass is 367 g/mol. The normalized spacial score (nSPS) is 28.0. The third-order valence-corrected chi connectivity index (χ3v) is 6.49. The zero-order valence-corrected chi connectivity index (χ0v) is 16.1. The Morgan fingerprint density at radius 2 is 2.04 bits per heavy atom. The summed E-state index contributed by atoms with van der Waals surface area (Å²) in [6.45, 7) is 3.01. The minimum absolute atomic E-state index is 0.111. The molecule has 5 heteroatoms. The van der Waals surface area contributed by atoms with Gasteiger partial charge >= 0.3 is 0 Å². The topological polar surface area (TPSA) is 58.4 Å². The Morgan fingerprint density at radius 1 is 1.26 bits per heavy atom. The molecule has 0 bridgehead atoms. The Kier molecular flexibility index (Phi) is 5.04. The van der Waals surface area contributed by atoms with E-state index in [2.05, 4.69) is 11.9 Å². The lowest BCUT2D eigenvalue weighted by atomic mass is 9.66. The van der Waals surface area contributed by atoms with Crippen molar-refractivity contribution in [2.24, 2.45) is 5.92 Å². The van der Waals surface area contributed by atoms with Crippen LogP contribution in [0.1, 0.15) is 50.4 Å². The summed E-state index contributed by atoms with van der Waals surface area (Å²) in [5.74, 6) is 1.20. The zero-order valence-electron chi connectivity index (χ0n) is 16.1. The SMILES string of the molecule is CCc1nccn1CC(=O)N1CC[C@](O)(c2ccccc2)[C@@H]2CCCC[C@H]21. The first kappa shape index (κ1) is 18.2. The van der Waals surface area contributed by atoms with Gasteiger partial charge in [-0.15, -0.1) is 0 Å². The first-order valence-corrected chi connectivity index (χ1v) is 10.2. The van der Waals surface area contributed by atoms with Gasteiger partial charge in [0, 0.05) is 37.3 Å². The summed E-state index contributed by atoms with van der Waals surface area (Å²) in [6.07, 6.45) is 9.29. The molecule has 0 spiro atoms. The van der Waals surface area contributed by atoms with Crippen molar-refractivity contribution in [3.63, 3.8) is 0 Å². The van der Waals surface area contributed by atoms with Gasteiger partial charge in [-0.25, -0.2) is 4.98 Å². The molecule has 2 fully saturated rings. The molecule has 1 aliphatic carbocycles. The number of aliphatic hydroxyl groups is 1. The van der Waals surface area contributed by atoms with Crippen molar-refractivity contribution < 1.29 is 9.90 Å². The molecule has 1 saturated carbocycles. The van der Waals surface area contributed by atoms with Gasteiger partial charge < -0.3 is 14.6 Å². The van der Waals surface area contributed by atoms with E-state index in [0.717, 1.165) is 43.5 Å². The van der Waals surface area contributed by atoms with E-state index in [1.54, 1.807) is 6.20 Å². The second-order valence-electron chi connectivity index (χ2n) is 7.91. The van der Waals surface area contributed by atoms with Gasteiger partial charge in [0.1, 0.15) is 12.4 Å². The van der Waals surface area contributed by atoms with E-state index in [4.69, 9.17) is 0 Å². The molecule has 144 valence electrons. The maximum absolute atomic E-state index is 13.1. The quantitative estimate of drug-likeness (QED) is 0.903. The maximum Gasteiger partial charge on any atom is 0.242 e. The van der Waals surface area contributed by atoms with Crippen LogP contribution in [0.3, 0.4) is 0 Å². The lowest BCUT2D eigenvalue weighted by molar-refractivity contribution is -0.155. The first-order valence-electron chi connectivity index (χ1n) is 10.2. The number of imidazole rings is 1. The second kappa shape index (κ2) is 7.47. The first-order chi connectivity index (χ1) is 13.1. The van der Waals surface area contributed by atoms with Gasteiger partial charge in [-0.3, -0.25) is 4.79 Å². The van der Waals surface area contributed by atoms with Crippen LogP contribution in [0.5, 0.6) is 0 Å². The third kappa shape index (κ3) is 3.29. The van der Waals surface area contributed by atoms with Gasteiger partial charge in [-0.05, 0) is 24.8 Å². The number of hydrogen-bond acceptors (Lipinski definition) is 3. The largest absolute Gasteiger partial charge is 0.385 e. The second-order valence-corrected chi connectivity index (χ2v) is 7.91. The highest BCUT2D eigenvalue weighted by molar-refractivity contribution is 5.76. The summed E-state index contributed by atoms with van der Waals surface area (Å²) in [5.41, 5.74) is 0.170. The minimum atomic E-state index is -0.827. The average Bonchev–Trinajstić information content (AvgIpc) is 3.16. The van der Waals surface area contributed by atoms with Gasteiger partial charge in [0.15, 0.2) is 0 Å². The predicted octanol–water partition coefficient (Wildman–Crippen LogP) is 3.12. The van der Waals surface area contributed by atoms with E-state index in [0.29, 0.717) is 19.5 Å². The highest BCUT2D eigenvalue weighted by atomic mass is 16.3. The molecule has 0 unspecified atom stereocenters. The maximum atomic E-state index is 13.1. The number of hydrogen-bond donors (Lipinski definition) is 1. The van der Waals surface area contributed by atoms with Crippen LogP contribution in [0, 0.1) is 5.92 Å². The molecule has 2 aliphatic rings. The van der Waals surface area contributed by atoms with E-state index >= 15 is 0 Å². The van der Waals surface area contributed by atoms with E-state index in [9.17, 15) is 9.90 Å². The Bertz CT molecular complexity index is 788. The van der Waals surface area contributed by atoms with Gasteiger partial charge in [0.25, 0.3) is 0 Å². The fourth-order valence-corrected chi connectivity index (χ4v) is 5.11. The van der Waals surface area contributed by atoms with Crippen molar-refractivity contribution in [2.75, 3.05) is 6.54 Å². The van der Waals surface area contributed by atoms with Crippen molar-refractivity contribution in [2.45, 2.75) is 63.6 Å². The van der Waals surface area contributed by atoms with Crippen LogP contribution in [0.4, 0.5) is 0 Å². The molecule has 3 atom stereocenters. The summed E-state index contributed by atoms with van der Waals surface area (Å²) in [4.78, 5) is 19.5. The number of nitrogens with zero attached hydrogens (tertiary/aromatic N) is 3. The van der Waals surface area contributed by atoms with Crippen LogP contribution < -0.4 is 0 Å². The number of aromatic nitrogens is 2. The van der Waals surface area contributed by atoms with Crippen LogP contribution >= 0.6 is 0 Å². The highest BCUT2D eigenvalue weighted by Crippen LogP contribution is 2.46. The standard InChI is InChI=1S/C22H29N3O2/c1-2-20-23-13-15-24(20)16-21(26)25-14-12-22(27,17-8-4-3-5-9-17)18-10-6-7-11-19(18)25/h3-5,8-9,13,15,18-19,27H,2,6-7,10-12,14,16H2,1H3/t18-,19-,22+/m1/s1. The zero-order chi connectivity index (χ0) is 18.9. The summed E-state index contributed by atoms with van der Waals surface area (Å²) in [6, 6.07) is 10.2. The fraction of sp³-hybridized carbons (Fsp3) is 0.545. The summed E-state index contributed by atoms with van der Waals surface area (Å²) < 4.78 is 1.96.